The molecule has 1 saturated carbocycles. The van der Waals surface area contributed by atoms with Gasteiger partial charge in [-0.1, -0.05) is 66.9 Å². The number of piperazine rings is 1. The zero-order valence-corrected chi connectivity index (χ0v) is 19.2. The van der Waals surface area contributed by atoms with Crippen LogP contribution in [-0.2, 0) is 13.0 Å². The monoisotopic (exact) mass is 450 g/mol. The second-order valence-electron chi connectivity index (χ2n) is 8.96. The molecule has 2 heterocycles. The van der Waals surface area contributed by atoms with Gasteiger partial charge in [-0.05, 0) is 52.9 Å². The van der Waals surface area contributed by atoms with E-state index in [4.69, 9.17) is 11.6 Å². The number of rotatable bonds is 7. The van der Waals surface area contributed by atoms with Crippen molar-refractivity contribution in [2.24, 2.45) is 0 Å². The van der Waals surface area contributed by atoms with E-state index in [2.05, 4.69) is 61.7 Å². The number of hydrogen-bond donors (Lipinski definition) is 0. The summed E-state index contributed by atoms with van der Waals surface area (Å²) in [5.41, 5.74) is 2.49. The molecule has 6 nitrogen and oxygen atoms in total. The maximum atomic E-state index is 6.20. The number of halogens is 1. The van der Waals surface area contributed by atoms with Gasteiger partial charge in [-0.3, -0.25) is 9.80 Å². The van der Waals surface area contributed by atoms with Crippen LogP contribution in [0.3, 0.4) is 0 Å². The Labute approximate surface area is 195 Å². The smallest absolute Gasteiger partial charge is 0.173 e. The van der Waals surface area contributed by atoms with Gasteiger partial charge in [0, 0.05) is 43.8 Å². The van der Waals surface area contributed by atoms with Crippen LogP contribution >= 0.6 is 11.6 Å². The van der Waals surface area contributed by atoms with Crippen LogP contribution in [0.15, 0.2) is 54.6 Å². The lowest BCUT2D eigenvalue weighted by Gasteiger charge is -2.41. The summed E-state index contributed by atoms with van der Waals surface area (Å²) in [4.78, 5) is 5.24. The van der Waals surface area contributed by atoms with Crippen LogP contribution in [0.4, 0.5) is 0 Å². The molecule has 1 aliphatic carbocycles. The van der Waals surface area contributed by atoms with E-state index in [1.165, 1.54) is 36.8 Å². The Morgan fingerprint density at radius 1 is 0.906 bits per heavy atom. The molecule has 1 aromatic heterocycles. The zero-order valence-electron chi connectivity index (χ0n) is 18.5. The van der Waals surface area contributed by atoms with E-state index in [9.17, 15) is 0 Å². The molecular formula is C25H31ClN6. The van der Waals surface area contributed by atoms with Crippen LogP contribution in [0.2, 0.25) is 5.02 Å². The molecule has 168 valence electrons. The van der Waals surface area contributed by atoms with Gasteiger partial charge in [-0.25, -0.2) is 4.68 Å². The lowest BCUT2D eigenvalue weighted by molar-refractivity contribution is 0.0770. The SMILES string of the molecule is Clc1ccc([C@H](c2nnnn2CCc2ccccc2)N2CCN(C3CCCC3)CC2)cc1. The summed E-state index contributed by atoms with van der Waals surface area (Å²) < 4.78 is 1.98. The highest BCUT2D eigenvalue weighted by Crippen LogP contribution is 2.31. The molecule has 7 heteroatoms. The molecule has 1 saturated heterocycles. The molecule has 0 amide bonds. The molecule has 2 fully saturated rings. The molecule has 2 aromatic carbocycles. The van der Waals surface area contributed by atoms with E-state index in [0.717, 1.165) is 56.0 Å². The van der Waals surface area contributed by atoms with E-state index in [1.807, 2.05) is 22.9 Å². The Bertz CT molecular complexity index is 975. The van der Waals surface area contributed by atoms with Crippen LogP contribution in [0, 0.1) is 0 Å². The molecule has 0 bridgehead atoms. The highest BCUT2D eigenvalue weighted by molar-refractivity contribution is 6.30. The van der Waals surface area contributed by atoms with Crippen molar-refractivity contribution in [1.82, 2.24) is 30.0 Å². The van der Waals surface area contributed by atoms with Crippen molar-refractivity contribution in [1.29, 1.82) is 0 Å². The van der Waals surface area contributed by atoms with E-state index < -0.39 is 0 Å². The van der Waals surface area contributed by atoms with Crippen molar-refractivity contribution in [3.63, 3.8) is 0 Å². The highest BCUT2D eigenvalue weighted by atomic mass is 35.5. The summed E-state index contributed by atoms with van der Waals surface area (Å²) in [6.45, 7) is 5.03. The summed E-state index contributed by atoms with van der Waals surface area (Å²) in [7, 11) is 0. The molecule has 0 unspecified atom stereocenters. The van der Waals surface area contributed by atoms with Gasteiger partial charge in [0.2, 0.25) is 0 Å². The molecule has 32 heavy (non-hydrogen) atoms. The Kier molecular flexibility index (Phi) is 6.81. The average molecular weight is 451 g/mol. The number of benzene rings is 2. The van der Waals surface area contributed by atoms with Crippen molar-refractivity contribution in [2.75, 3.05) is 26.2 Å². The third-order valence-electron chi connectivity index (χ3n) is 7.00. The minimum Gasteiger partial charge on any atom is -0.298 e. The summed E-state index contributed by atoms with van der Waals surface area (Å²) in [5, 5.41) is 13.7. The van der Waals surface area contributed by atoms with Crippen molar-refractivity contribution in [2.45, 2.75) is 50.7 Å². The van der Waals surface area contributed by atoms with E-state index >= 15 is 0 Å². The first-order chi connectivity index (χ1) is 15.8. The Balaban J connectivity index is 1.36. The number of hydrogen-bond acceptors (Lipinski definition) is 5. The first-order valence-electron chi connectivity index (χ1n) is 11.8. The summed E-state index contributed by atoms with van der Waals surface area (Å²) >= 11 is 6.20. The van der Waals surface area contributed by atoms with Crippen LogP contribution < -0.4 is 0 Å². The average Bonchev–Trinajstić information content (AvgIpc) is 3.53. The van der Waals surface area contributed by atoms with Gasteiger partial charge in [-0.2, -0.15) is 0 Å². The minimum absolute atomic E-state index is 0.0313. The molecule has 1 aliphatic heterocycles. The first kappa shape index (κ1) is 21.6. The van der Waals surface area contributed by atoms with Crippen LogP contribution in [0.5, 0.6) is 0 Å². The lowest BCUT2D eigenvalue weighted by atomic mass is 10.0. The van der Waals surface area contributed by atoms with Crippen LogP contribution in [0.25, 0.3) is 0 Å². The number of aryl methyl sites for hydroxylation is 2. The molecule has 0 N–H and O–H groups in total. The quantitative estimate of drug-likeness (QED) is 0.539. The van der Waals surface area contributed by atoms with Crippen LogP contribution in [-0.4, -0.2) is 62.2 Å². The highest BCUT2D eigenvalue weighted by Gasteiger charge is 2.33. The Hall–Kier alpha value is -2.28. The normalized spacial score (nSPS) is 19.4. The fourth-order valence-electron chi connectivity index (χ4n) is 5.24. The zero-order chi connectivity index (χ0) is 21.8. The van der Waals surface area contributed by atoms with Crippen molar-refractivity contribution >= 4 is 11.6 Å². The topological polar surface area (TPSA) is 50.1 Å². The fraction of sp³-hybridized carbons (Fsp3) is 0.480. The molecular weight excluding hydrogens is 420 g/mol. The van der Waals surface area contributed by atoms with Gasteiger partial charge in [-0.15, -0.1) is 5.10 Å². The second kappa shape index (κ2) is 10.1. The number of tetrazole rings is 1. The van der Waals surface area contributed by atoms with Gasteiger partial charge in [0.1, 0.15) is 0 Å². The van der Waals surface area contributed by atoms with Gasteiger partial charge < -0.3 is 0 Å². The predicted molar refractivity (Wildman–Crippen MR) is 127 cm³/mol. The Morgan fingerprint density at radius 2 is 1.62 bits per heavy atom. The Morgan fingerprint density at radius 3 is 2.34 bits per heavy atom. The van der Waals surface area contributed by atoms with Gasteiger partial charge in [0.15, 0.2) is 5.82 Å². The fourth-order valence-corrected chi connectivity index (χ4v) is 5.37. The van der Waals surface area contributed by atoms with E-state index in [1.54, 1.807) is 0 Å². The van der Waals surface area contributed by atoms with Crippen molar-refractivity contribution in [3.05, 3.63) is 76.6 Å². The maximum absolute atomic E-state index is 6.20. The maximum Gasteiger partial charge on any atom is 0.173 e. The third-order valence-corrected chi connectivity index (χ3v) is 7.25. The van der Waals surface area contributed by atoms with Crippen molar-refractivity contribution < 1.29 is 0 Å². The summed E-state index contributed by atoms with van der Waals surface area (Å²) in [6.07, 6.45) is 6.39. The number of aromatic nitrogens is 4. The number of nitrogens with zero attached hydrogens (tertiary/aromatic N) is 6. The largest absolute Gasteiger partial charge is 0.298 e. The molecule has 2 aliphatic rings. The van der Waals surface area contributed by atoms with Crippen molar-refractivity contribution in [3.8, 4) is 0 Å². The molecule has 0 radical (unpaired) electrons. The summed E-state index contributed by atoms with van der Waals surface area (Å²) in [6, 6.07) is 19.5. The van der Waals surface area contributed by atoms with Gasteiger partial charge >= 0.3 is 0 Å². The van der Waals surface area contributed by atoms with Crippen LogP contribution in [0.1, 0.15) is 48.7 Å². The molecule has 5 rings (SSSR count). The van der Waals surface area contributed by atoms with E-state index in [0.29, 0.717) is 0 Å². The first-order valence-corrected chi connectivity index (χ1v) is 12.2. The standard InChI is InChI=1S/C25H31ClN6/c26-22-12-10-21(11-13-22)24(31-18-16-30(17-19-31)23-8-4-5-9-23)25-27-28-29-32(25)15-14-20-6-2-1-3-7-20/h1-3,6-7,10-13,23-24H,4-5,8-9,14-19H2/t24-/m1/s1. The summed E-state index contributed by atoms with van der Waals surface area (Å²) in [5.74, 6) is 0.914. The molecule has 3 aromatic rings. The lowest BCUT2D eigenvalue weighted by Crippen LogP contribution is -2.51. The predicted octanol–water partition coefficient (Wildman–Crippen LogP) is 4.22. The van der Waals surface area contributed by atoms with E-state index in [-0.39, 0.29) is 6.04 Å². The van der Waals surface area contributed by atoms with Gasteiger partial charge in [0.25, 0.3) is 0 Å². The van der Waals surface area contributed by atoms with Gasteiger partial charge in [0.05, 0.1) is 6.04 Å². The minimum atomic E-state index is 0.0313. The molecule has 1 atom stereocenters. The molecule has 0 spiro atoms. The second-order valence-corrected chi connectivity index (χ2v) is 9.40. The third kappa shape index (κ3) is 4.87.